The van der Waals surface area contributed by atoms with E-state index in [1.807, 2.05) is 29.0 Å². The summed E-state index contributed by atoms with van der Waals surface area (Å²) in [5, 5.41) is 5.83. The molecule has 0 aliphatic rings. The minimum absolute atomic E-state index is 0.0452. The van der Waals surface area contributed by atoms with Gasteiger partial charge in [-0.25, -0.2) is 4.98 Å². The Morgan fingerprint density at radius 1 is 0.960 bits per heavy atom. The Kier molecular flexibility index (Phi) is 8.24. The molecule has 0 unspecified atom stereocenters. The molecule has 2 rings (SSSR count). The van der Waals surface area contributed by atoms with Crippen LogP contribution in [-0.2, 0) is 11.3 Å². The van der Waals surface area contributed by atoms with Crippen LogP contribution in [0, 0.1) is 0 Å². The number of hydrogen-bond acceptors (Lipinski definition) is 3. The molecule has 0 fully saturated rings. The average molecular weight is 342 g/mol. The molecule has 0 bridgehead atoms. The van der Waals surface area contributed by atoms with E-state index in [0.717, 1.165) is 32.2 Å². The van der Waals surface area contributed by atoms with E-state index in [-0.39, 0.29) is 11.8 Å². The third-order valence-electron chi connectivity index (χ3n) is 3.88. The second-order valence-electron chi connectivity index (χ2n) is 5.94. The third-order valence-corrected chi connectivity index (χ3v) is 3.88. The van der Waals surface area contributed by atoms with Crippen LogP contribution in [0.3, 0.4) is 0 Å². The largest absolute Gasteiger partial charge is 0.356 e. The Hall–Kier alpha value is -2.63. The molecule has 0 atom stereocenters. The van der Waals surface area contributed by atoms with Crippen LogP contribution in [0.15, 0.2) is 49.1 Å². The van der Waals surface area contributed by atoms with Gasteiger partial charge in [-0.15, -0.1) is 0 Å². The van der Waals surface area contributed by atoms with Gasteiger partial charge in [0.05, 0.1) is 6.33 Å². The highest BCUT2D eigenvalue weighted by atomic mass is 16.2. The summed E-state index contributed by atoms with van der Waals surface area (Å²) in [5.74, 6) is 0.0511. The van der Waals surface area contributed by atoms with E-state index in [9.17, 15) is 9.59 Å². The number of aryl methyl sites for hydroxylation is 1. The van der Waals surface area contributed by atoms with Crippen LogP contribution in [0.1, 0.15) is 42.5 Å². The number of rotatable bonds is 11. The Balaban J connectivity index is 1.43. The molecule has 2 amide bonds. The summed E-state index contributed by atoms with van der Waals surface area (Å²) in [5.41, 5.74) is 0.678. The molecule has 1 aromatic carbocycles. The molecule has 6 nitrogen and oxygen atoms in total. The molecule has 0 saturated heterocycles. The Morgan fingerprint density at radius 3 is 2.52 bits per heavy atom. The molecule has 2 N–H and O–H groups in total. The van der Waals surface area contributed by atoms with Gasteiger partial charge in [0, 0.05) is 44.0 Å². The zero-order valence-electron chi connectivity index (χ0n) is 14.5. The first-order valence-electron chi connectivity index (χ1n) is 8.81. The first-order valence-corrected chi connectivity index (χ1v) is 8.81. The summed E-state index contributed by atoms with van der Waals surface area (Å²) in [6.45, 7) is 2.19. The SMILES string of the molecule is O=C(CCCCCNC(=O)c1ccccc1)NCCCn1ccnc1. The quantitative estimate of drug-likeness (QED) is 0.616. The predicted octanol–water partition coefficient (Wildman–Crippen LogP) is 2.38. The van der Waals surface area contributed by atoms with E-state index in [4.69, 9.17) is 0 Å². The van der Waals surface area contributed by atoms with E-state index < -0.39 is 0 Å². The van der Waals surface area contributed by atoms with Crippen molar-refractivity contribution >= 4 is 11.8 Å². The number of aromatic nitrogens is 2. The normalized spacial score (nSPS) is 10.4. The number of carbonyl (C=O) groups is 2. The third kappa shape index (κ3) is 7.65. The van der Waals surface area contributed by atoms with Crippen LogP contribution in [0.5, 0.6) is 0 Å². The summed E-state index contributed by atoms with van der Waals surface area (Å²) >= 11 is 0. The topological polar surface area (TPSA) is 76.0 Å². The standard InChI is InChI=1S/C19H26N4O2/c24-18(21-12-7-14-23-15-13-20-16-23)10-5-2-6-11-22-19(25)17-8-3-1-4-9-17/h1,3-4,8-9,13,15-16H,2,5-7,10-12,14H2,(H,21,24)(H,22,25). The van der Waals surface area contributed by atoms with Crippen molar-refractivity contribution < 1.29 is 9.59 Å². The van der Waals surface area contributed by atoms with E-state index in [1.54, 1.807) is 24.7 Å². The van der Waals surface area contributed by atoms with E-state index in [2.05, 4.69) is 15.6 Å². The minimum atomic E-state index is -0.0452. The summed E-state index contributed by atoms with van der Waals surface area (Å²) < 4.78 is 2.00. The molecule has 1 heterocycles. The van der Waals surface area contributed by atoms with Gasteiger partial charge in [-0.3, -0.25) is 9.59 Å². The predicted molar refractivity (Wildman–Crippen MR) is 97.1 cm³/mol. The van der Waals surface area contributed by atoms with Gasteiger partial charge >= 0.3 is 0 Å². The molecule has 0 spiro atoms. The van der Waals surface area contributed by atoms with Crippen molar-refractivity contribution in [1.82, 2.24) is 20.2 Å². The highest BCUT2D eigenvalue weighted by Crippen LogP contribution is 2.01. The van der Waals surface area contributed by atoms with Crippen LogP contribution in [0.2, 0.25) is 0 Å². The summed E-state index contributed by atoms with van der Waals surface area (Å²) in [4.78, 5) is 27.5. The number of imidazole rings is 1. The van der Waals surface area contributed by atoms with Crippen LogP contribution < -0.4 is 10.6 Å². The number of hydrogen-bond donors (Lipinski definition) is 2. The lowest BCUT2D eigenvalue weighted by atomic mass is 10.1. The number of unbranched alkanes of at least 4 members (excludes halogenated alkanes) is 2. The van der Waals surface area contributed by atoms with Crippen LogP contribution in [0.4, 0.5) is 0 Å². The Bertz CT molecular complexity index is 626. The van der Waals surface area contributed by atoms with Gasteiger partial charge in [0.2, 0.25) is 5.91 Å². The Morgan fingerprint density at radius 2 is 1.76 bits per heavy atom. The van der Waals surface area contributed by atoms with E-state index >= 15 is 0 Å². The van der Waals surface area contributed by atoms with Gasteiger partial charge in [-0.2, -0.15) is 0 Å². The van der Waals surface area contributed by atoms with Gasteiger partial charge in [-0.05, 0) is 31.4 Å². The molecule has 0 aliphatic carbocycles. The van der Waals surface area contributed by atoms with E-state index in [1.165, 1.54) is 0 Å². The molecule has 134 valence electrons. The van der Waals surface area contributed by atoms with Crippen molar-refractivity contribution in [1.29, 1.82) is 0 Å². The van der Waals surface area contributed by atoms with Crippen LogP contribution in [-0.4, -0.2) is 34.5 Å². The van der Waals surface area contributed by atoms with Gasteiger partial charge in [-0.1, -0.05) is 24.6 Å². The fourth-order valence-electron chi connectivity index (χ4n) is 2.48. The molecule has 0 aliphatic heterocycles. The van der Waals surface area contributed by atoms with Crippen molar-refractivity contribution in [2.24, 2.45) is 0 Å². The van der Waals surface area contributed by atoms with E-state index in [0.29, 0.717) is 25.1 Å². The second-order valence-corrected chi connectivity index (χ2v) is 5.94. The summed E-state index contributed by atoms with van der Waals surface area (Å²) in [6.07, 6.45) is 9.53. The molecule has 2 aromatic rings. The molecule has 0 saturated carbocycles. The maximum atomic E-state index is 11.8. The van der Waals surface area contributed by atoms with Crippen molar-refractivity contribution in [3.63, 3.8) is 0 Å². The zero-order valence-corrected chi connectivity index (χ0v) is 14.5. The number of nitrogens with zero attached hydrogens (tertiary/aromatic N) is 2. The highest BCUT2D eigenvalue weighted by molar-refractivity contribution is 5.94. The van der Waals surface area contributed by atoms with Gasteiger partial charge in [0.15, 0.2) is 0 Å². The van der Waals surface area contributed by atoms with Crippen molar-refractivity contribution in [2.75, 3.05) is 13.1 Å². The lowest BCUT2D eigenvalue weighted by Gasteiger charge is -2.07. The molecule has 6 heteroatoms. The lowest BCUT2D eigenvalue weighted by Crippen LogP contribution is -2.25. The van der Waals surface area contributed by atoms with Gasteiger partial charge < -0.3 is 15.2 Å². The average Bonchev–Trinajstić information content (AvgIpc) is 3.15. The first kappa shape index (κ1) is 18.7. The summed E-state index contributed by atoms with van der Waals surface area (Å²) in [6, 6.07) is 9.18. The number of amides is 2. The van der Waals surface area contributed by atoms with Crippen LogP contribution in [0.25, 0.3) is 0 Å². The van der Waals surface area contributed by atoms with Crippen molar-refractivity contribution in [3.05, 3.63) is 54.6 Å². The smallest absolute Gasteiger partial charge is 0.251 e. The number of carbonyl (C=O) groups excluding carboxylic acids is 2. The van der Waals surface area contributed by atoms with Crippen LogP contribution >= 0.6 is 0 Å². The number of benzene rings is 1. The summed E-state index contributed by atoms with van der Waals surface area (Å²) in [7, 11) is 0. The first-order chi connectivity index (χ1) is 12.3. The highest BCUT2D eigenvalue weighted by Gasteiger charge is 2.04. The monoisotopic (exact) mass is 342 g/mol. The molecule has 25 heavy (non-hydrogen) atoms. The van der Waals surface area contributed by atoms with Crippen molar-refractivity contribution in [3.8, 4) is 0 Å². The fourth-order valence-corrected chi connectivity index (χ4v) is 2.48. The van der Waals surface area contributed by atoms with Gasteiger partial charge in [0.1, 0.15) is 0 Å². The molecular weight excluding hydrogens is 316 g/mol. The minimum Gasteiger partial charge on any atom is -0.356 e. The number of nitrogens with one attached hydrogen (secondary N) is 2. The zero-order chi connectivity index (χ0) is 17.7. The second kappa shape index (κ2) is 11.0. The Labute approximate surface area is 148 Å². The molecular formula is C19H26N4O2. The van der Waals surface area contributed by atoms with Gasteiger partial charge in [0.25, 0.3) is 5.91 Å². The fraction of sp³-hybridized carbons (Fsp3) is 0.421. The van der Waals surface area contributed by atoms with Crippen molar-refractivity contribution in [2.45, 2.75) is 38.6 Å². The molecule has 0 radical (unpaired) electrons. The lowest BCUT2D eigenvalue weighted by molar-refractivity contribution is -0.121. The maximum absolute atomic E-state index is 11.8. The maximum Gasteiger partial charge on any atom is 0.251 e. The molecule has 1 aromatic heterocycles.